The third kappa shape index (κ3) is 1.70. The summed E-state index contributed by atoms with van der Waals surface area (Å²) in [6.45, 7) is 2.97. The zero-order valence-electron chi connectivity index (χ0n) is 9.25. The minimum Gasteiger partial charge on any atom is -0.374 e. The molecule has 0 fully saturated rings. The number of benzene rings is 1. The van der Waals surface area contributed by atoms with E-state index in [0.717, 1.165) is 28.0 Å². The number of carbonyl (C=O) groups excluding carboxylic acids is 1. The molecule has 1 aliphatic heterocycles. The molecule has 0 aromatic heterocycles. The minimum atomic E-state index is -0.549. The molecule has 0 saturated carbocycles. The summed E-state index contributed by atoms with van der Waals surface area (Å²) in [7, 11) is 2.00. The van der Waals surface area contributed by atoms with Crippen molar-refractivity contribution in [3.63, 3.8) is 0 Å². The topological polar surface area (TPSA) is 58.4 Å². The van der Waals surface area contributed by atoms with Crippen molar-refractivity contribution in [3.05, 3.63) is 22.2 Å². The monoisotopic (exact) mass is 283 g/mol. The lowest BCUT2D eigenvalue weighted by Gasteiger charge is -2.19. The maximum Gasteiger partial charge on any atom is 0.245 e. The molecule has 4 nitrogen and oxygen atoms in total. The summed E-state index contributed by atoms with van der Waals surface area (Å²) >= 11 is 3.50. The van der Waals surface area contributed by atoms with Crippen molar-refractivity contribution < 1.29 is 4.79 Å². The molecule has 1 aliphatic rings. The van der Waals surface area contributed by atoms with Gasteiger partial charge in [0.15, 0.2) is 0 Å². The largest absolute Gasteiger partial charge is 0.374 e. The highest BCUT2D eigenvalue weighted by atomic mass is 79.9. The first kappa shape index (κ1) is 11.4. The Morgan fingerprint density at radius 1 is 1.56 bits per heavy atom. The second-order valence-corrected chi connectivity index (χ2v) is 4.73. The Morgan fingerprint density at radius 2 is 2.25 bits per heavy atom. The highest BCUT2D eigenvalue weighted by Crippen LogP contribution is 2.37. The maximum atomic E-state index is 11.4. The van der Waals surface area contributed by atoms with Crippen LogP contribution in [0.1, 0.15) is 18.5 Å². The van der Waals surface area contributed by atoms with Gasteiger partial charge in [0.25, 0.3) is 0 Å². The van der Waals surface area contributed by atoms with Gasteiger partial charge in [0.2, 0.25) is 5.91 Å². The van der Waals surface area contributed by atoms with E-state index >= 15 is 0 Å². The van der Waals surface area contributed by atoms with Gasteiger partial charge in [-0.05, 0) is 35.0 Å². The Hall–Kier alpha value is -1.07. The number of hydrogen-bond donors (Lipinski definition) is 2. The van der Waals surface area contributed by atoms with Crippen LogP contribution in [0.4, 0.5) is 11.4 Å². The molecule has 1 atom stereocenters. The molecule has 1 unspecified atom stereocenters. The van der Waals surface area contributed by atoms with Gasteiger partial charge < -0.3 is 16.0 Å². The molecular formula is C11H14BrN3O. The summed E-state index contributed by atoms with van der Waals surface area (Å²) in [5.41, 5.74) is 8.49. The summed E-state index contributed by atoms with van der Waals surface area (Å²) in [6, 6.07) is 3.32. The smallest absolute Gasteiger partial charge is 0.245 e. The maximum absolute atomic E-state index is 11.4. The fourth-order valence-electron chi connectivity index (χ4n) is 1.76. The summed E-state index contributed by atoms with van der Waals surface area (Å²) in [6.07, 6.45) is 0. The number of nitrogens with two attached hydrogens (primary N) is 1. The number of nitrogens with zero attached hydrogens (tertiary/aromatic N) is 1. The molecule has 0 radical (unpaired) electrons. The van der Waals surface area contributed by atoms with E-state index in [2.05, 4.69) is 33.1 Å². The van der Waals surface area contributed by atoms with E-state index in [1.807, 2.05) is 19.2 Å². The molecule has 0 aliphatic carbocycles. The zero-order chi connectivity index (χ0) is 11.9. The molecule has 2 rings (SSSR count). The third-order valence-electron chi connectivity index (χ3n) is 2.88. The van der Waals surface area contributed by atoms with Crippen LogP contribution in [-0.4, -0.2) is 19.5 Å². The van der Waals surface area contributed by atoms with Crippen LogP contribution in [0.5, 0.6) is 0 Å². The highest BCUT2D eigenvalue weighted by Gasteiger charge is 2.28. The van der Waals surface area contributed by atoms with Crippen molar-refractivity contribution in [2.24, 2.45) is 5.73 Å². The first-order chi connectivity index (χ1) is 7.54. The Kier molecular flexibility index (Phi) is 2.90. The van der Waals surface area contributed by atoms with Crippen LogP contribution in [0, 0.1) is 0 Å². The normalized spacial score (nSPS) is 18.2. The summed E-state index contributed by atoms with van der Waals surface area (Å²) in [5.74, 6) is -0.141. The van der Waals surface area contributed by atoms with Gasteiger partial charge >= 0.3 is 0 Å². The Labute approximate surface area is 103 Å². The second-order valence-electron chi connectivity index (χ2n) is 3.87. The number of rotatable bonds is 2. The third-order valence-corrected chi connectivity index (χ3v) is 3.52. The molecule has 0 saturated heterocycles. The van der Waals surface area contributed by atoms with Gasteiger partial charge in [0.1, 0.15) is 6.04 Å². The lowest BCUT2D eigenvalue weighted by Crippen LogP contribution is -2.19. The van der Waals surface area contributed by atoms with Crippen LogP contribution in [0.2, 0.25) is 0 Å². The van der Waals surface area contributed by atoms with E-state index in [1.165, 1.54) is 0 Å². The van der Waals surface area contributed by atoms with Gasteiger partial charge in [-0.1, -0.05) is 0 Å². The zero-order valence-corrected chi connectivity index (χ0v) is 10.8. The second kappa shape index (κ2) is 4.07. The first-order valence-electron chi connectivity index (χ1n) is 5.15. The molecular weight excluding hydrogens is 270 g/mol. The fraction of sp³-hybridized carbons (Fsp3) is 0.364. The highest BCUT2D eigenvalue weighted by molar-refractivity contribution is 9.10. The van der Waals surface area contributed by atoms with Crippen molar-refractivity contribution in [2.75, 3.05) is 23.8 Å². The number of carbonyl (C=O) groups is 1. The van der Waals surface area contributed by atoms with Crippen LogP contribution in [0.25, 0.3) is 0 Å². The fourth-order valence-corrected chi connectivity index (χ4v) is 2.42. The van der Waals surface area contributed by atoms with E-state index in [-0.39, 0.29) is 5.91 Å². The molecule has 1 aromatic rings. The quantitative estimate of drug-likeness (QED) is 0.871. The van der Waals surface area contributed by atoms with Gasteiger partial charge in [0, 0.05) is 29.3 Å². The Morgan fingerprint density at radius 3 is 2.88 bits per heavy atom. The predicted molar refractivity (Wildman–Crippen MR) is 68.6 cm³/mol. The average molecular weight is 284 g/mol. The Bertz CT molecular complexity index is 447. The minimum absolute atomic E-state index is 0.141. The van der Waals surface area contributed by atoms with Gasteiger partial charge in [-0.15, -0.1) is 0 Å². The van der Waals surface area contributed by atoms with Crippen molar-refractivity contribution in [3.8, 4) is 0 Å². The number of amides is 1. The molecule has 86 valence electrons. The van der Waals surface area contributed by atoms with Gasteiger partial charge in [-0.25, -0.2) is 0 Å². The van der Waals surface area contributed by atoms with Crippen molar-refractivity contribution in [1.29, 1.82) is 0 Å². The average Bonchev–Trinajstić information content (AvgIpc) is 2.53. The summed E-state index contributed by atoms with van der Waals surface area (Å²) in [5, 5.41) is 2.78. The van der Waals surface area contributed by atoms with Gasteiger partial charge in [-0.3, -0.25) is 4.79 Å². The Balaban J connectivity index is 2.48. The van der Waals surface area contributed by atoms with E-state index in [9.17, 15) is 4.79 Å². The van der Waals surface area contributed by atoms with Gasteiger partial charge in [0.05, 0.1) is 5.69 Å². The molecule has 1 aromatic carbocycles. The van der Waals surface area contributed by atoms with Crippen molar-refractivity contribution in [2.45, 2.75) is 13.0 Å². The lowest BCUT2D eigenvalue weighted by molar-refractivity contribution is -0.116. The molecule has 1 amide bonds. The molecule has 3 N–H and O–H groups in total. The number of fused-ring (bicyclic) bond motifs is 1. The molecule has 5 heteroatoms. The number of hydrogen-bond acceptors (Lipinski definition) is 3. The molecule has 0 bridgehead atoms. The lowest BCUT2D eigenvalue weighted by atomic mass is 10.1. The van der Waals surface area contributed by atoms with E-state index in [0.29, 0.717) is 0 Å². The van der Waals surface area contributed by atoms with Crippen LogP contribution in [0.3, 0.4) is 0 Å². The summed E-state index contributed by atoms with van der Waals surface area (Å²) in [4.78, 5) is 13.5. The van der Waals surface area contributed by atoms with Crippen molar-refractivity contribution >= 4 is 33.2 Å². The van der Waals surface area contributed by atoms with E-state index in [4.69, 9.17) is 5.73 Å². The van der Waals surface area contributed by atoms with Crippen LogP contribution in [0.15, 0.2) is 16.6 Å². The molecule has 0 spiro atoms. The summed E-state index contributed by atoms with van der Waals surface area (Å²) < 4.78 is 0.961. The van der Waals surface area contributed by atoms with E-state index in [1.54, 1.807) is 0 Å². The predicted octanol–water partition coefficient (Wildman–Crippen LogP) is 1.86. The molecule has 1 heterocycles. The first-order valence-corrected chi connectivity index (χ1v) is 5.95. The molecule has 16 heavy (non-hydrogen) atoms. The van der Waals surface area contributed by atoms with Crippen molar-refractivity contribution in [1.82, 2.24) is 0 Å². The number of nitrogens with one attached hydrogen (secondary N) is 1. The SMILES string of the molecule is CCN(C)c1cc2c(cc1Br)C(N)C(=O)N2. The van der Waals surface area contributed by atoms with Crippen LogP contribution in [-0.2, 0) is 4.79 Å². The van der Waals surface area contributed by atoms with Crippen LogP contribution >= 0.6 is 15.9 Å². The van der Waals surface area contributed by atoms with Crippen LogP contribution < -0.4 is 16.0 Å². The standard InChI is InChI=1S/C11H14BrN3O/c1-3-15(2)9-5-8-6(4-7(9)12)10(13)11(16)14-8/h4-5,10H,3,13H2,1-2H3,(H,14,16). The van der Waals surface area contributed by atoms with E-state index < -0.39 is 6.04 Å². The number of anilines is 2. The van der Waals surface area contributed by atoms with Gasteiger partial charge in [-0.2, -0.15) is 0 Å². The number of halogens is 1.